The van der Waals surface area contributed by atoms with E-state index in [1.54, 1.807) is 25.2 Å². The van der Waals surface area contributed by atoms with Gasteiger partial charge in [0.2, 0.25) is 0 Å². The monoisotopic (exact) mass is 352 g/mol. The molecule has 0 bridgehead atoms. The van der Waals surface area contributed by atoms with Crippen LogP contribution in [0, 0.1) is 11.3 Å². The molecule has 0 saturated carbocycles. The summed E-state index contributed by atoms with van der Waals surface area (Å²) in [6.07, 6.45) is 1.30. The van der Waals surface area contributed by atoms with Gasteiger partial charge in [0.25, 0.3) is 11.3 Å². The highest BCUT2D eigenvalue weighted by atomic mass is 16.2. The zero-order chi connectivity index (χ0) is 18.8. The Balaban J connectivity index is 1.96. The summed E-state index contributed by atoms with van der Waals surface area (Å²) < 4.78 is 1.04. The number of aryl methyl sites for hydroxylation is 1. The molecule has 0 fully saturated rings. The number of aromatic amines is 1. The Bertz CT molecular complexity index is 1060. The fraction of sp³-hybridized carbons (Fsp3) is 0.235. The van der Waals surface area contributed by atoms with Crippen LogP contribution in [0.25, 0.3) is 0 Å². The maximum atomic E-state index is 12.8. The molecule has 1 aromatic carbocycles. The van der Waals surface area contributed by atoms with E-state index in [0.717, 1.165) is 10.2 Å². The predicted octanol–water partition coefficient (Wildman–Crippen LogP) is -0.419. The molecular formula is C17H16N6O3. The molecule has 0 atom stereocenters. The van der Waals surface area contributed by atoms with E-state index in [2.05, 4.69) is 16.3 Å². The Hall–Kier alpha value is -3.67. The zero-order valence-electron chi connectivity index (χ0n) is 14.3. The van der Waals surface area contributed by atoms with Crippen molar-refractivity contribution in [3.05, 3.63) is 67.7 Å². The Kier molecular flexibility index (Phi) is 4.41. The van der Waals surface area contributed by atoms with Gasteiger partial charge in [-0.25, -0.2) is 0 Å². The highest BCUT2D eigenvalue weighted by Crippen LogP contribution is 2.13. The molecule has 1 aromatic heterocycles. The lowest BCUT2D eigenvalue weighted by Crippen LogP contribution is -2.49. The van der Waals surface area contributed by atoms with Gasteiger partial charge < -0.3 is 10.00 Å². The van der Waals surface area contributed by atoms with E-state index in [1.807, 2.05) is 6.07 Å². The van der Waals surface area contributed by atoms with Crippen molar-refractivity contribution in [2.24, 2.45) is 12.1 Å². The Morgan fingerprint density at radius 2 is 2.04 bits per heavy atom. The topological polar surface area (TPSA) is 115 Å². The minimum absolute atomic E-state index is 0.0691. The van der Waals surface area contributed by atoms with Crippen molar-refractivity contribution in [3.63, 3.8) is 0 Å². The average molecular weight is 352 g/mol. The third kappa shape index (κ3) is 3.12. The van der Waals surface area contributed by atoms with Gasteiger partial charge in [-0.1, -0.05) is 12.1 Å². The number of nitriles is 1. The van der Waals surface area contributed by atoms with Crippen LogP contribution in [0.4, 0.5) is 0 Å². The van der Waals surface area contributed by atoms with Crippen molar-refractivity contribution in [3.8, 4) is 6.07 Å². The number of hydrazone groups is 1. The van der Waals surface area contributed by atoms with E-state index < -0.39 is 16.9 Å². The van der Waals surface area contributed by atoms with Gasteiger partial charge >= 0.3 is 5.56 Å². The van der Waals surface area contributed by atoms with Crippen LogP contribution < -0.4 is 11.0 Å². The number of hydrogen-bond donors (Lipinski definition) is 1. The first-order valence-electron chi connectivity index (χ1n) is 7.78. The third-order valence-electron chi connectivity index (χ3n) is 3.97. The van der Waals surface area contributed by atoms with Crippen LogP contribution in [0.15, 0.2) is 45.2 Å². The van der Waals surface area contributed by atoms with Gasteiger partial charge in [-0.3, -0.25) is 24.1 Å². The minimum Gasteiger partial charge on any atom is -0.314 e. The molecular weight excluding hydrogens is 336 g/mol. The molecule has 1 N–H and O–H groups in total. The predicted molar refractivity (Wildman–Crippen MR) is 93.2 cm³/mol. The lowest BCUT2D eigenvalue weighted by molar-refractivity contribution is -0.128. The van der Waals surface area contributed by atoms with E-state index >= 15 is 0 Å². The third-order valence-corrected chi connectivity index (χ3v) is 3.97. The molecule has 9 heteroatoms. The molecule has 1 aliphatic heterocycles. The first-order chi connectivity index (χ1) is 12.4. The number of aromatic nitrogens is 2. The van der Waals surface area contributed by atoms with Crippen LogP contribution in [0.2, 0.25) is 0 Å². The van der Waals surface area contributed by atoms with Crippen molar-refractivity contribution < 1.29 is 4.79 Å². The molecule has 1 aliphatic rings. The lowest BCUT2D eigenvalue weighted by Gasteiger charge is -2.31. The van der Waals surface area contributed by atoms with Gasteiger partial charge in [0, 0.05) is 26.8 Å². The van der Waals surface area contributed by atoms with Crippen molar-refractivity contribution in [1.82, 2.24) is 19.7 Å². The summed E-state index contributed by atoms with van der Waals surface area (Å²) in [5.41, 5.74) is -0.434. The van der Waals surface area contributed by atoms with E-state index in [4.69, 9.17) is 5.26 Å². The van der Waals surface area contributed by atoms with E-state index in [9.17, 15) is 14.4 Å². The second-order valence-corrected chi connectivity index (χ2v) is 5.94. The van der Waals surface area contributed by atoms with Crippen LogP contribution in [-0.4, -0.2) is 45.0 Å². The fourth-order valence-corrected chi connectivity index (χ4v) is 2.69. The quantitative estimate of drug-likeness (QED) is 0.754. The first kappa shape index (κ1) is 17.2. The molecule has 9 nitrogen and oxygen atoms in total. The van der Waals surface area contributed by atoms with Crippen LogP contribution in [0.1, 0.15) is 16.7 Å². The van der Waals surface area contributed by atoms with E-state index in [-0.39, 0.29) is 24.5 Å². The van der Waals surface area contributed by atoms with Gasteiger partial charge in [-0.05, 0) is 17.7 Å². The lowest BCUT2D eigenvalue weighted by atomic mass is 10.1. The summed E-state index contributed by atoms with van der Waals surface area (Å²) in [6.45, 7) is 0.475. The minimum atomic E-state index is -0.792. The maximum Gasteiger partial charge on any atom is 0.313 e. The normalized spacial score (nSPS) is 14.2. The number of hydrogen-bond acceptors (Lipinski definition) is 6. The molecule has 0 saturated heterocycles. The highest BCUT2D eigenvalue weighted by molar-refractivity contribution is 6.45. The van der Waals surface area contributed by atoms with E-state index in [0.29, 0.717) is 5.56 Å². The summed E-state index contributed by atoms with van der Waals surface area (Å²) in [6, 6.07) is 8.99. The molecule has 3 rings (SSSR count). The molecule has 0 unspecified atom stereocenters. The summed E-state index contributed by atoms with van der Waals surface area (Å²) in [4.78, 5) is 38.4. The molecule has 0 aliphatic carbocycles. The number of nitrogens with one attached hydrogen (secondary N) is 1. The van der Waals surface area contributed by atoms with Gasteiger partial charge in [0.15, 0.2) is 5.71 Å². The average Bonchev–Trinajstić information content (AvgIpc) is 2.63. The number of carbonyl (C=O) groups is 1. The van der Waals surface area contributed by atoms with Gasteiger partial charge in [0.1, 0.15) is 6.67 Å². The molecule has 132 valence electrons. The van der Waals surface area contributed by atoms with Crippen LogP contribution in [0.3, 0.4) is 0 Å². The fourth-order valence-electron chi connectivity index (χ4n) is 2.69. The summed E-state index contributed by atoms with van der Waals surface area (Å²) in [5.74, 6) is -0.454. The molecule has 1 amide bonds. The van der Waals surface area contributed by atoms with Crippen molar-refractivity contribution in [2.45, 2.75) is 6.54 Å². The van der Waals surface area contributed by atoms with Crippen LogP contribution in [-0.2, 0) is 18.4 Å². The van der Waals surface area contributed by atoms with Crippen molar-refractivity contribution in [1.29, 1.82) is 5.26 Å². The summed E-state index contributed by atoms with van der Waals surface area (Å²) in [7, 11) is 3.08. The molecule has 2 aromatic rings. The summed E-state index contributed by atoms with van der Waals surface area (Å²) >= 11 is 0. The zero-order valence-corrected chi connectivity index (χ0v) is 14.3. The second kappa shape index (κ2) is 6.68. The Morgan fingerprint density at radius 1 is 1.27 bits per heavy atom. The standard InChI is InChI=1S/C17H16N6O3/c1-21-10-23(9-12-5-3-4-11(6-12)7-18)16(25)14(20-21)13-8-19-22(2)17(26)15(13)24/h3-6,8,19H,9-10H2,1-2H3. The van der Waals surface area contributed by atoms with Crippen LogP contribution in [0.5, 0.6) is 0 Å². The van der Waals surface area contributed by atoms with E-state index in [1.165, 1.54) is 23.2 Å². The largest absolute Gasteiger partial charge is 0.314 e. The van der Waals surface area contributed by atoms with Crippen molar-refractivity contribution >= 4 is 11.6 Å². The maximum absolute atomic E-state index is 12.8. The number of H-pyrrole nitrogens is 1. The number of benzene rings is 1. The number of carbonyl (C=O) groups excluding carboxylic acids is 1. The Morgan fingerprint density at radius 3 is 2.77 bits per heavy atom. The number of rotatable bonds is 3. The van der Waals surface area contributed by atoms with Gasteiger partial charge in [-0.15, -0.1) is 0 Å². The first-order valence-corrected chi connectivity index (χ1v) is 7.78. The van der Waals surface area contributed by atoms with Gasteiger partial charge in [-0.2, -0.15) is 10.4 Å². The van der Waals surface area contributed by atoms with Crippen LogP contribution >= 0.6 is 0 Å². The van der Waals surface area contributed by atoms with Crippen molar-refractivity contribution in [2.75, 3.05) is 13.7 Å². The molecule has 0 radical (unpaired) electrons. The second-order valence-electron chi connectivity index (χ2n) is 5.94. The smallest absolute Gasteiger partial charge is 0.313 e. The molecule has 2 heterocycles. The number of amides is 1. The van der Waals surface area contributed by atoms with Gasteiger partial charge in [0.05, 0.1) is 17.2 Å². The highest BCUT2D eigenvalue weighted by Gasteiger charge is 2.29. The SMILES string of the molecule is CN1CN(Cc2cccc(C#N)c2)C(=O)C(c2c[nH]n(C)c(=O)c2=O)=N1. The molecule has 0 spiro atoms. The number of nitrogens with zero attached hydrogens (tertiary/aromatic N) is 5. The summed E-state index contributed by atoms with van der Waals surface area (Å²) in [5, 5.41) is 17.3. The molecule has 26 heavy (non-hydrogen) atoms. The Labute approximate surface area is 148 Å².